The number of nitriles is 1. The third kappa shape index (κ3) is 4.06. The molecule has 2 rings (SSSR count). The Balaban J connectivity index is 1.86. The Morgan fingerprint density at radius 2 is 1.90 bits per heavy atom. The molecule has 0 bridgehead atoms. The molecule has 21 heavy (non-hydrogen) atoms. The van der Waals surface area contributed by atoms with Crippen LogP contribution in [-0.2, 0) is 16.1 Å². The molecular formula is C16H18N2O3. The summed E-state index contributed by atoms with van der Waals surface area (Å²) < 4.78 is 0. The Bertz CT molecular complexity index is 560. The van der Waals surface area contributed by atoms with E-state index >= 15 is 0 Å². The maximum Gasteiger partial charge on any atom is 0.306 e. The van der Waals surface area contributed by atoms with Gasteiger partial charge in [-0.1, -0.05) is 18.6 Å². The molecule has 0 radical (unpaired) electrons. The molecular weight excluding hydrogens is 268 g/mol. The first kappa shape index (κ1) is 15.0. The quantitative estimate of drug-likeness (QED) is 0.886. The van der Waals surface area contributed by atoms with Gasteiger partial charge < -0.3 is 10.4 Å². The molecule has 1 amide bonds. The van der Waals surface area contributed by atoms with Gasteiger partial charge in [-0.05, 0) is 37.0 Å². The minimum absolute atomic E-state index is 0.0784. The molecule has 0 saturated heterocycles. The number of carboxylic acids is 1. The third-order valence-electron chi connectivity index (χ3n) is 3.94. The second-order valence-electron chi connectivity index (χ2n) is 5.43. The molecule has 2 N–H and O–H groups in total. The maximum atomic E-state index is 12.1. The summed E-state index contributed by atoms with van der Waals surface area (Å²) in [5, 5.41) is 20.6. The number of hydrogen-bond donors (Lipinski definition) is 2. The Morgan fingerprint density at radius 3 is 2.52 bits per heavy atom. The first-order valence-electron chi connectivity index (χ1n) is 7.09. The summed E-state index contributed by atoms with van der Waals surface area (Å²) >= 11 is 0. The summed E-state index contributed by atoms with van der Waals surface area (Å²) in [6.45, 7) is 0.402. The normalized spacial score (nSPS) is 21.3. The average molecular weight is 286 g/mol. The summed E-state index contributed by atoms with van der Waals surface area (Å²) in [4.78, 5) is 23.1. The number of aliphatic carboxylic acids is 1. The van der Waals surface area contributed by atoms with Gasteiger partial charge in [0.25, 0.3) is 0 Å². The van der Waals surface area contributed by atoms with Gasteiger partial charge in [0.15, 0.2) is 0 Å². The minimum Gasteiger partial charge on any atom is -0.481 e. The predicted molar refractivity (Wildman–Crippen MR) is 76.1 cm³/mol. The number of amides is 1. The number of nitrogens with one attached hydrogen (secondary N) is 1. The zero-order valence-electron chi connectivity index (χ0n) is 11.7. The molecule has 0 aromatic heterocycles. The van der Waals surface area contributed by atoms with Gasteiger partial charge in [0, 0.05) is 12.5 Å². The molecule has 5 heteroatoms. The molecule has 0 aliphatic heterocycles. The second-order valence-corrected chi connectivity index (χ2v) is 5.43. The minimum atomic E-state index is -0.806. The molecule has 1 aliphatic carbocycles. The number of carbonyl (C=O) groups is 2. The van der Waals surface area contributed by atoms with Crippen LogP contribution < -0.4 is 5.32 Å². The van der Waals surface area contributed by atoms with E-state index in [1.807, 2.05) is 6.07 Å². The van der Waals surface area contributed by atoms with E-state index in [0.717, 1.165) is 18.4 Å². The molecule has 1 aliphatic rings. The van der Waals surface area contributed by atoms with Crippen molar-refractivity contribution in [3.8, 4) is 6.07 Å². The van der Waals surface area contributed by atoms with Crippen LogP contribution in [0.15, 0.2) is 24.3 Å². The van der Waals surface area contributed by atoms with Gasteiger partial charge in [0.05, 0.1) is 17.6 Å². The lowest BCUT2D eigenvalue weighted by atomic mass is 9.81. The van der Waals surface area contributed by atoms with E-state index < -0.39 is 11.9 Å². The Labute approximate surface area is 123 Å². The largest absolute Gasteiger partial charge is 0.481 e. The van der Waals surface area contributed by atoms with Crippen molar-refractivity contribution in [2.45, 2.75) is 32.2 Å². The number of carboxylic acid groups (broad SMARTS) is 1. The summed E-state index contributed by atoms with van der Waals surface area (Å²) in [7, 11) is 0. The molecule has 2 unspecified atom stereocenters. The van der Waals surface area contributed by atoms with Crippen molar-refractivity contribution < 1.29 is 14.7 Å². The molecule has 5 nitrogen and oxygen atoms in total. The van der Waals surface area contributed by atoms with Crippen LogP contribution in [0.2, 0.25) is 0 Å². The lowest BCUT2D eigenvalue weighted by Crippen LogP contribution is -2.35. The lowest BCUT2D eigenvalue weighted by Gasteiger charge is -2.25. The SMILES string of the molecule is N#Cc1ccc(CNC(=O)C2CCCC(C(=O)O)C2)cc1. The Kier molecular flexibility index (Phi) is 4.94. The fourth-order valence-corrected chi connectivity index (χ4v) is 2.68. The van der Waals surface area contributed by atoms with E-state index in [-0.39, 0.29) is 11.8 Å². The van der Waals surface area contributed by atoms with E-state index in [1.165, 1.54) is 0 Å². The first-order valence-corrected chi connectivity index (χ1v) is 7.09. The van der Waals surface area contributed by atoms with E-state index in [2.05, 4.69) is 5.32 Å². The van der Waals surface area contributed by atoms with Gasteiger partial charge in [-0.2, -0.15) is 5.26 Å². The fraction of sp³-hybridized carbons (Fsp3) is 0.438. The Hall–Kier alpha value is -2.35. The van der Waals surface area contributed by atoms with Gasteiger partial charge >= 0.3 is 5.97 Å². The van der Waals surface area contributed by atoms with Crippen molar-refractivity contribution in [3.63, 3.8) is 0 Å². The highest BCUT2D eigenvalue weighted by Gasteiger charge is 2.30. The molecule has 1 saturated carbocycles. The van der Waals surface area contributed by atoms with Crippen LogP contribution in [0.3, 0.4) is 0 Å². The van der Waals surface area contributed by atoms with E-state index in [0.29, 0.717) is 24.9 Å². The molecule has 1 aromatic rings. The second kappa shape index (κ2) is 6.89. The van der Waals surface area contributed by atoms with Crippen molar-refractivity contribution in [2.75, 3.05) is 0 Å². The van der Waals surface area contributed by atoms with Crippen molar-refractivity contribution >= 4 is 11.9 Å². The predicted octanol–water partition coefficient (Wildman–Crippen LogP) is 2.07. The number of hydrogen-bond acceptors (Lipinski definition) is 3. The summed E-state index contributed by atoms with van der Waals surface area (Å²) in [5.41, 5.74) is 1.51. The molecule has 1 fully saturated rings. The maximum absolute atomic E-state index is 12.1. The highest BCUT2D eigenvalue weighted by atomic mass is 16.4. The van der Waals surface area contributed by atoms with Gasteiger partial charge in [-0.3, -0.25) is 9.59 Å². The van der Waals surface area contributed by atoms with E-state index in [4.69, 9.17) is 10.4 Å². The molecule has 0 spiro atoms. The van der Waals surface area contributed by atoms with Gasteiger partial charge in [0.2, 0.25) is 5.91 Å². The number of benzene rings is 1. The molecule has 2 atom stereocenters. The molecule has 1 aromatic carbocycles. The summed E-state index contributed by atoms with van der Waals surface area (Å²) in [6, 6.07) is 9.08. The zero-order valence-corrected chi connectivity index (χ0v) is 11.7. The number of rotatable bonds is 4. The summed E-state index contributed by atoms with van der Waals surface area (Å²) in [6.07, 6.45) is 2.62. The van der Waals surface area contributed by atoms with Crippen molar-refractivity contribution in [1.82, 2.24) is 5.32 Å². The van der Waals surface area contributed by atoms with Crippen LogP contribution in [0.5, 0.6) is 0 Å². The van der Waals surface area contributed by atoms with Crippen LogP contribution in [0.25, 0.3) is 0 Å². The molecule has 0 heterocycles. The van der Waals surface area contributed by atoms with Crippen LogP contribution >= 0.6 is 0 Å². The average Bonchev–Trinajstić information content (AvgIpc) is 2.53. The number of carbonyl (C=O) groups excluding carboxylic acids is 1. The van der Waals surface area contributed by atoms with Gasteiger partial charge in [-0.25, -0.2) is 0 Å². The third-order valence-corrected chi connectivity index (χ3v) is 3.94. The first-order chi connectivity index (χ1) is 10.1. The zero-order chi connectivity index (χ0) is 15.2. The smallest absolute Gasteiger partial charge is 0.306 e. The highest BCUT2D eigenvalue weighted by molar-refractivity contribution is 5.80. The van der Waals surface area contributed by atoms with Crippen LogP contribution in [-0.4, -0.2) is 17.0 Å². The molecule has 110 valence electrons. The summed E-state index contributed by atoms with van der Waals surface area (Å²) in [5.74, 6) is -1.49. The van der Waals surface area contributed by atoms with E-state index in [9.17, 15) is 9.59 Å². The monoisotopic (exact) mass is 286 g/mol. The van der Waals surface area contributed by atoms with Gasteiger partial charge in [0.1, 0.15) is 0 Å². The standard InChI is InChI=1S/C16H18N2O3/c17-9-11-4-6-12(7-5-11)10-18-15(19)13-2-1-3-14(8-13)16(20)21/h4-7,13-14H,1-3,8,10H2,(H,18,19)(H,20,21). The number of nitrogens with zero attached hydrogens (tertiary/aromatic N) is 1. The lowest BCUT2D eigenvalue weighted by molar-refractivity contribution is -0.144. The van der Waals surface area contributed by atoms with E-state index in [1.54, 1.807) is 24.3 Å². The topological polar surface area (TPSA) is 90.2 Å². The Morgan fingerprint density at radius 1 is 1.24 bits per heavy atom. The van der Waals surface area contributed by atoms with Crippen molar-refractivity contribution in [1.29, 1.82) is 5.26 Å². The van der Waals surface area contributed by atoms with Crippen molar-refractivity contribution in [2.24, 2.45) is 11.8 Å². The van der Waals surface area contributed by atoms with Crippen LogP contribution in [0.4, 0.5) is 0 Å². The van der Waals surface area contributed by atoms with Crippen molar-refractivity contribution in [3.05, 3.63) is 35.4 Å². The highest BCUT2D eigenvalue weighted by Crippen LogP contribution is 2.29. The fourth-order valence-electron chi connectivity index (χ4n) is 2.68. The van der Waals surface area contributed by atoms with Crippen LogP contribution in [0.1, 0.15) is 36.8 Å². The van der Waals surface area contributed by atoms with Crippen LogP contribution in [0, 0.1) is 23.2 Å². The van der Waals surface area contributed by atoms with Gasteiger partial charge in [-0.15, -0.1) is 0 Å².